The van der Waals surface area contributed by atoms with E-state index in [1.54, 1.807) is 0 Å². The Balaban J connectivity index is 1.94. The predicted octanol–water partition coefficient (Wildman–Crippen LogP) is -0.475. The minimum absolute atomic E-state index is 0.123. The molecule has 2 rings (SSSR count). The van der Waals surface area contributed by atoms with Gasteiger partial charge in [-0.25, -0.2) is 0 Å². The second-order valence-electron chi connectivity index (χ2n) is 5.02. The standard InChI is InChI=1S/C9H19N3O2S/c1-9(2)7-8(9)11-15(13,14)12-5-3-10-4-6-12/h8,10-11H,3-7H2,1-2H3. The molecule has 1 heterocycles. The molecule has 88 valence electrons. The van der Waals surface area contributed by atoms with Crippen molar-refractivity contribution in [1.29, 1.82) is 0 Å². The lowest BCUT2D eigenvalue weighted by molar-refractivity contribution is 0.353. The smallest absolute Gasteiger partial charge is 0.279 e. The Bertz CT molecular complexity index is 333. The van der Waals surface area contributed by atoms with Gasteiger partial charge in [0.1, 0.15) is 0 Å². The number of piperazine rings is 1. The van der Waals surface area contributed by atoms with Crippen LogP contribution in [-0.4, -0.2) is 44.9 Å². The fourth-order valence-corrected chi connectivity index (χ4v) is 3.38. The van der Waals surface area contributed by atoms with Crippen molar-refractivity contribution in [2.24, 2.45) is 5.41 Å². The van der Waals surface area contributed by atoms with Gasteiger partial charge in [0.05, 0.1) is 0 Å². The molecule has 0 aromatic heterocycles. The topological polar surface area (TPSA) is 61.4 Å². The summed E-state index contributed by atoms with van der Waals surface area (Å²) in [5, 5.41) is 3.14. The molecule has 15 heavy (non-hydrogen) atoms. The molecule has 0 bridgehead atoms. The molecule has 2 aliphatic rings. The van der Waals surface area contributed by atoms with E-state index < -0.39 is 10.2 Å². The molecule has 2 N–H and O–H groups in total. The summed E-state index contributed by atoms with van der Waals surface area (Å²) >= 11 is 0. The molecule has 0 radical (unpaired) electrons. The van der Waals surface area contributed by atoms with Crippen LogP contribution >= 0.6 is 0 Å². The largest absolute Gasteiger partial charge is 0.314 e. The predicted molar refractivity (Wildman–Crippen MR) is 58.7 cm³/mol. The van der Waals surface area contributed by atoms with Crippen molar-refractivity contribution in [2.75, 3.05) is 26.2 Å². The van der Waals surface area contributed by atoms with Crippen LogP contribution in [0.15, 0.2) is 0 Å². The Kier molecular flexibility index (Phi) is 2.79. The van der Waals surface area contributed by atoms with Crippen LogP contribution in [0, 0.1) is 5.41 Å². The normalized spacial score (nSPS) is 31.5. The van der Waals surface area contributed by atoms with Gasteiger partial charge in [-0.05, 0) is 11.8 Å². The van der Waals surface area contributed by atoms with E-state index in [2.05, 4.69) is 23.9 Å². The van der Waals surface area contributed by atoms with Gasteiger partial charge >= 0.3 is 0 Å². The molecule has 0 aromatic rings. The quantitative estimate of drug-likeness (QED) is 0.692. The van der Waals surface area contributed by atoms with E-state index in [1.807, 2.05) is 0 Å². The van der Waals surface area contributed by atoms with Crippen molar-refractivity contribution in [2.45, 2.75) is 26.3 Å². The fourth-order valence-electron chi connectivity index (χ4n) is 1.81. The number of rotatable bonds is 3. The Hall–Kier alpha value is -0.170. The van der Waals surface area contributed by atoms with Crippen LogP contribution in [-0.2, 0) is 10.2 Å². The Labute approximate surface area is 91.4 Å². The highest BCUT2D eigenvalue weighted by Crippen LogP contribution is 2.45. The van der Waals surface area contributed by atoms with Crippen LogP contribution in [0.5, 0.6) is 0 Å². The first-order chi connectivity index (χ1) is 6.92. The van der Waals surface area contributed by atoms with Gasteiger partial charge < -0.3 is 5.32 Å². The molecule has 5 nitrogen and oxygen atoms in total. The zero-order valence-electron chi connectivity index (χ0n) is 9.28. The van der Waals surface area contributed by atoms with Crippen molar-refractivity contribution in [1.82, 2.24) is 14.3 Å². The molecular weight excluding hydrogens is 214 g/mol. The molecule has 1 saturated heterocycles. The molecular formula is C9H19N3O2S. The molecule has 1 saturated carbocycles. The average Bonchev–Trinajstić information content (AvgIpc) is 2.74. The van der Waals surface area contributed by atoms with E-state index in [-0.39, 0.29) is 11.5 Å². The number of hydrogen-bond acceptors (Lipinski definition) is 3. The van der Waals surface area contributed by atoms with Crippen LogP contribution in [0.2, 0.25) is 0 Å². The minimum atomic E-state index is -3.25. The zero-order chi connectivity index (χ0) is 11.1. The summed E-state index contributed by atoms with van der Waals surface area (Å²) in [4.78, 5) is 0. The van der Waals surface area contributed by atoms with E-state index in [0.29, 0.717) is 13.1 Å². The molecule has 1 atom stereocenters. The lowest BCUT2D eigenvalue weighted by Crippen LogP contribution is -2.51. The first-order valence-electron chi connectivity index (χ1n) is 5.40. The Morgan fingerprint density at radius 1 is 1.33 bits per heavy atom. The molecule has 1 aliphatic carbocycles. The van der Waals surface area contributed by atoms with Gasteiger partial charge in [0.2, 0.25) is 0 Å². The fraction of sp³-hybridized carbons (Fsp3) is 1.00. The third kappa shape index (κ3) is 2.50. The molecule has 2 fully saturated rings. The summed E-state index contributed by atoms with van der Waals surface area (Å²) in [6.45, 7) is 6.80. The third-order valence-corrected chi connectivity index (χ3v) is 4.85. The van der Waals surface area contributed by atoms with Gasteiger partial charge in [0.25, 0.3) is 10.2 Å². The van der Waals surface area contributed by atoms with Crippen LogP contribution in [0.25, 0.3) is 0 Å². The van der Waals surface area contributed by atoms with Gasteiger partial charge in [-0.1, -0.05) is 13.8 Å². The van der Waals surface area contributed by atoms with Gasteiger partial charge in [-0.2, -0.15) is 17.4 Å². The van der Waals surface area contributed by atoms with E-state index >= 15 is 0 Å². The first-order valence-corrected chi connectivity index (χ1v) is 6.84. The van der Waals surface area contributed by atoms with Crippen LogP contribution in [0.4, 0.5) is 0 Å². The number of hydrogen-bond donors (Lipinski definition) is 2. The third-order valence-electron chi connectivity index (χ3n) is 3.22. The molecule has 0 aromatic carbocycles. The van der Waals surface area contributed by atoms with Gasteiger partial charge in [-0.15, -0.1) is 0 Å². The second kappa shape index (κ2) is 3.69. The number of nitrogens with one attached hydrogen (secondary N) is 2. The average molecular weight is 233 g/mol. The summed E-state index contributed by atoms with van der Waals surface area (Å²) in [6.07, 6.45) is 0.943. The SMILES string of the molecule is CC1(C)CC1NS(=O)(=O)N1CCNCC1. The summed E-state index contributed by atoms with van der Waals surface area (Å²) in [6, 6.07) is 0.123. The summed E-state index contributed by atoms with van der Waals surface area (Å²) in [5.41, 5.74) is 0.140. The highest BCUT2D eigenvalue weighted by Gasteiger charge is 2.48. The van der Waals surface area contributed by atoms with Gasteiger partial charge in [0, 0.05) is 32.2 Å². The molecule has 0 amide bonds. The van der Waals surface area contributed by atoms with E-state index in [0.717, 1.165) is 19.5 Å². The van der Waals surface area contributed by atoms with Crippen LogP contribution in [0.1, 0.15) is 20.3 Å². The summed E-state index contributed by atoms with van der Waals surface area (Å²) in [7, 11) is -3.25. The van der Waals surface area contributed by atoms with Crippen molar-refractivity contribution in [3.05, 3.63) is 0 Å². The zero-order valence-corrected chi connectivity index (χ0v) is 10.1. The first kappa shape index (κ1) is 11.3. The van der Waals surface area contributed by atoms with Crippen LogP contribution in [0.3, 0.4) is 0 Å². The van der Waals surface area contributed by atoms with E-state index in [1.165, 1.54) is 4.31 Å². The Morgan fingerprint density at radius 3 is 2.33 bits per heavy atom. The van der Waals surface area contributed by atoms with Gasteiger partial charge in [0.15, 0.2) is 0 Å². The molecule has 1 aliphatic heterocycles. The maximum Gasteiger partial charge on any atom is 0.279 e. The maximum absolute atomic E-state index is 11.9. The second-order valence-corrected chi connectivity index (χ2v) is 6.72. The summed E-state index contributed by atoms with van der Waals surface area (Å²) < 4.78 is 28.1. The highest BCUT2D eigenvalue weighted by atomic mass is 32.2. The van der Waals surface area contributed by atoms with Crippen molar-refractivity contribution in [3.63, 3.8) is 0 Å². The monoisotopic (exact) mass is 233 g/mol. The number of nitrogens with zero attached hydrogens (tertiary/aromatic N) is 1. The molecule has 0 spiro atoms. The Morgan fingerprint density at radius 2 is 1.87 bits per heavy atom. The van der Waals surface area contributed by atoms with E-state index in [4.69, 9.17) is 0 Å². The van der Waals surface area contributed by atoms with Crippen molar-refractivity contribution in [3.8, 4) is 0 Å². The van der Waals surface area contributed by atoms with Crippen molar-refractivity contribution < 1.29 is 8.42 Å². The molecule has 6 heteroatoms. The van der Waals surface area contributed by atoms with Crippen LogP contribution < -0.4 is 10.0 Å². The van der Waals surface area contributed by atoms with E-state index in [9.17, 15) is 8.42 Å². The lowest BCUT2D eigenvalue weighted by Gasteiger charge is -2.26. The maximum atomic E-state index is 11.9. The van der Waals surface area contributed by atoms with Crippen molar-refractivity contribution >= 4 is 10.2 Å². The molecule has 1 unspecified atom stereocenters. The summed E-state index contributed by atoms with van der Waals surface area (Å²) in [5.74, 6) is 0. The van der Waals surface area contributed by atoms with Gasteiger partial charge in [-0.3, -0.25) is 0 Å². The lowest BCUT2D eigenvalue weighted by atomic mass is 10.2. The minimum Gasteiger partial charge on any atom is -0.314 e. The highest BCUT2D eigenvalue weighted by molar-refractivity contribution is 7.87.